The maximum absolute atomic E-state index is 12.6. The Balaban J connectivity index is 1.54. The van der Waals surface area contributed by atoms with Gasteiger partial charge in [0, 0.05) is 30.4 Å². The average Bonchev–Trinajstić information content (AvgIpc) is 3.29. The molecule has 7 nitrogen and oxygen atoms in total. The second-order valence-electron chi connectivity index (χ2n) is 8.07. The molecule has 0 radical (unpaired) electrons. The highest BCUT2D eigenvalue weighted by molar-refractivity contribution is 5.98. The van der Waals surface area contributed by atoms with Crippen molar-refractivity contribution in [3.63, 3.8) is 0 Å². The van der Waals surface area contributed by atoms with Gasteiger partial charge in [0.1, 0.15) is 0 Å². The first kappa shape index (κ1) is 20.2. The quantitative estimate of drug-likeness (QED) is 0.780. The summed E-state index contributed by atoms with van der Waals surface area (Å²) in [5, 5.41) is 5.53. The molecule has 152 valence electrons. The maximum atomic E-state index is 12.6. The minimum Gasteiger partial charge on any atom is -0.449 e. The van der Waals surface area contributed by atoms with E-state index in [2.05, 4.69) is 10.6 Å². The van der Waals surface area contributed by atoms with E-state index in [-0.39, 0.29) is 30.1 Å². The highest BCUT2D eigenvalue weighted by atomic mass is 16.5. The highest BCUT2D eigenvalue weighted by Crippen LogP contribution is 2.30. The molecule has 1 aliphatic heterocycles. The molecule has 1 aromatic rings. The number of hydrogen-bond donors (Lipinski definition) is 2. The van der Waals surface area contributed by atoms with Crippen molar-refractivity contribution < 1.29 is 19.1 Å². The van der Waals surface area contributed by atoms with Crippen molar-refractivity contribution in [2.75, 3.05) is 23.8 Å². The Hall–Kier alpha value is -2.57. The molecule has 0 aromatic heterocycles. The Labute approximate surface area is 165 Å². The number of carbonyl (C=O) groups is 3. The zero-order chi connectivity index (χ0) is 20.1. The van der Waals surface area contributed by atoms with E-state index in [1.54, 1.807) is 24.3 Å². The van der Waals surface area contributed by atoms with Crippen molar-refractivity contribution in [1.29, 1.82) is 0 Å². The van der Waals surface area contributed by atoms with Gasteiger partial charge in [-0.1, -0.05) is 32.8 Å². The summed E-state index contributed by atoms with van der Waals surface area (Å²) in [6.45, 7) is 4.76. The van der Waals surface area contributed by atoms with Gasteiger partial charge in [-0.3, -0.25) is 14.9 Å². The van der Waals surface area contributed by atoms with Crippen molar-refractivity contribution >= 4 is 29.3 Å². The fourth-order valence-electron chi connectivity index (χ4n) is 3.79. The number of benzene rings is 1. The van der Waals surface area contributed by atoms with E-state index in [0.717, 1.165) is 25.7 Å². The van der Waals surface area contributed by atoms with Crippen LogP contribution in [0.2, 0.25) is 0 Å². The summed E-state index contributed by atoms with van der Waals surface area (Å²) in [6.07, 6.45) is 4.14. The topological polar surface area (TPSA) is 87.7 Å². The third kappa shape index (κ3) is 5.24. The SMILES string of the molecule is CC(C)COC(=O)Nc1cccc(NC(=O)C2CC(=O)N(C3CCCC3)C2)c1. The molecule has 1 unspecified atom stereocenters. The monoisotopic (exact) mass is 387 g/mol. The Morgan fingerprint density at radius 1 is 1.18 bits per heavy atom. The molecule has 2 N–H and O–H groups in total. The van der Waals surface area contributed by atoms with Crippen LogP contribution in [0, 0.1) is 11.8 Å². The van der Waals surface area contributed by atoms with Crippen LogP contribution in [-0.2, 0) is 14.3 Å². The van der Waals surface area contributed by atoms with Crippen molar-refractivity contribution in [2.24, 2.45) is 11.8 Å². The minimum atomic E-state index is -0.522. The summed E-state index contributed by atoms with van der Waals surface area (Å²) >= 11 is 0. The standard InChI is InChI=1S/C21H29N3O4/c1-14(2)13-28-21(27)23-17-7-5-6-16(11-17)22-20(26)15-10-19(25)24(12-15)18-8-3-4-9-18/h5-7,11,14-15,18H,3-4,8-10,12-13H2,1-2H3,(H,22,26)(H,23,27). The van der Waals surface area contributed by atoms with Crippen LogP contribution in [0.3, 0.4) is 0 Å². The summed E-state index contributed by atoms with van der Waals surface area (Å²) in [7, 11) is 0. The molecule has 7 heteroatoms. The molecule has 28 heavy (non-hydrogen) atoms. The van der Waals surface area contributed by atoms with E-state index < -0.39 is 6.09 Å². The smallest absolute Gasteiger partial charge is 0.411 e. The number of rotatable bonds is 6. The van der Waals surface area contributed by atoms with Crippen LogP contribution in [0.1, 0.15) is 46.0 Å². The number of ether oxygens (including phenoxy) is 1. The molecule has 0 bridgehead atoms. The minimum absolute atomic E-state index is 0.0790. The second-order valence-corrected chi connectivity index (χ2v) is 8.07. The second kappa shape index (κ2) is 9.08. The van der Waals surface area contributed by atoms with Gasteiger partial charge in [-0.25, -0.2) is 4.79 Å². The predicted molar refractivity (Wildman–Crippen MR) is 107 cm³/mol. The lowest BCUT2D eigenvalue weighted by molar-refractivity contribution is -0.129. The summed E-state index contributed by atoms with van der Waals surface area (Å²) in [5.41, 5.74) is 1.13. The normalized spacial score (nSPS) is 19.9. The third-order valence-corrected chi connectivity index (χ3v) is 5.22. The molecule has 1 saturated carbocycles. The summed E-state index contributed by atoms with van der Waals surface area (Å²) in [4.78, 5) is 38.6. The van der Waals surface area contributed by atoms with Crippen molar-refractivity contribution in [1.82, 2.24) is 4.90 Å². The van der Waals surface area contributed by atoms with Crippen molar-refractivity contribution in [3.05, 3.63) is 24.3 Å². The predicted octanol–water partition coefficient (Wildman–Crippen LogP) is 3.62. The Morgan fingerprint density at radius 2 is 1.86 bits per heavy atom. The van der Waals surface area contributed by atoms with Gasteiger partial charge in [-0.2, -0.15) is 0 Å². The van der Waals surface area contributed by atoms with E-state index in [0.29, 0.717) is 30.6 Å². The van der Waals surface area contributed by atoms with Crippen LogP contribution in [0.5, 0.6) is 0 Å². The lowest BCUT2D eigenvalue weighted by Gasteiger charge is -2.23. The summed E-state index contributed by atoms with van der Waals surface area (Å²) in [6, 6.07) is 7.22. The van der Waals surface area contributed by atoms with Crippen LogP contribution < -0.4 is 10.6 Å². The highest BCUT2D eigenvalue weighted by Gasteiger charge is 2.38. The molecule has 0 spiro atoms. The third-order valence-electron chi connectivity index (χ3n) is 5.22. The zero-order valence-electron chi connectivity index (χ0n) is 16.6. The van der Waals surface area contributed by atoms with Crippen LogP contribution in [-0.4, -0.2) is 42.0 Å². The molecule has 1 aromatic carbocycles. The van der Waals surface area contributed by atoms with E-state index in [1.807, 2.05) is 18.7 Å². The van der Waals surface area contributed by atoms with Gasteiger partial charge >= 0.3 is 6.09 Å². The van der Waals surface area contributed by atoms with Crippen molar-refractivity contribution in [3.8, 4) is 0 Å². The number of carbonyl (C=O) groups excluding carboxylic acids is 3. The van der Waals surface area contributed by atoms with Crippen LogP contribution >= 0.6 is 0 Å². The van der Waals surface area contributed by atoms with E-state index in [1.165, 1.54) is 0 Å². The maximum Gasteiger partial charge on any atom is 0.411 e. The Kier molecular flexibility index (Phi) is 6.54. The lowest BCUT2D eigenvalue weighted by atomic mass is 10.1. The van der Waals surface area contributed by atoms with Crippen LogP contribution in [0.25, 0.3) is 0 Å². The van der Waals surface area contributed by atoms with Gasteiger partial charge in [0.05, 0.1) is 12.5 Å². The average molecular weight is 387 g/mol. The molecule has 1 saturated heterocycles. The first-order valence-electron chi connectivity index (χ1n) is 10.1. The molecule has 1 aliphatic carbocycles. The molecule has 1 atom stereocenters. The number of anilines is 2. The van der Waals surface area contributed by atoms with Gasteiger partial charge in [0.2, 0.25) is 11.8 Å². The van der Waals surface area contributed by atoms with Gasteiger partial charge in [-0.15, -0.1) is 0 Å². The largest absolute Gasteiger partial charge is 0.449 e. The van der Waals surface area contributed by atoms with Crippen LogP contribution in [0.4, 0.5) is 16.2 Å². The number of hydrogen-bond acceptors (Lipinski definition) is 4. The molecule has 2 aliphatic rings. The lowest BCUT2D eigenvalue weighted by Crippen LogP contribution is -2.35. The van der Waals surface area contributed by atoms with E-state index >= 15 is 0 Å². The summed E-state index contributed by atoms with van der Waals surface area (Å²) < 4.78 is 5.10. The molecular weight excluding hydrogens is 358 g/mol. The van der Waals surface area contributed by atoms with Crippen LogP contribution in [0.15, 0.2) is 24.3 Å². The summed E-state index contributed by atoms with van der Waals surface area (Å²) in [5.74, 6) is -0.154. The van der Waals surface area contributed by atoms with E-state index in [4.69, 9.17) is 4.74 Å². The van der Waals surface area contributed by atoms with Gasteiger partial charge in [-0.05, 0) is 37.0 Å². The fraction of sp³-hybridized carbons (Fsp3) is 0.571. The first-order valence-corrected chi connectivity index (χ1v) is 10.1. The van der Waals surface area contributed by atoms with Gasteiger partial charge in [0.25, 0.3) is 0 Å². The van der Waals surface area contributed by atoms with Crippen molar-refractivity contribution in [2.45, 2.75) is 52.0 Å². The molecular formula is C21H29N3O4. The fourth-order valence-corrected chi connectivity index (χ4v) is 3.79. The molecule has 2 fully saturated rings. The van der Waals surface area contributed by atoms with Gasteiger partial charge < -0.3 is 15.0 Å². The van der Waals surface area contributed by atoms with E-state index in [9.17, 15) is 14.4 Å². The number of nitrogens with one attached hydrogen (secondary N) is 2. The Bertz CT molecular complexity index is 728. The zero-order valence-corrected chi connectivity index (χ0v) is 16.6. The van der Waals surface area contributed by atoms with Gasteiger partial charge in [0.15, 0.2) is 0 Å². The molecule has 3 amide bonds. The molecule has 1 heterocycles. The number of amides is 3. The molecule has 3 rings (SSSR count). The first-order chi connectivity index (χ1) is 13.4. The number of likely N-dealkylation sites (tertiary alicyclic amines) is 1. The number of nitrogens with zero attached hydrogens (tertiary/aromatic N) is 1. The Morgan fingerprint density at radius 3 is 2.54 bits per heavy atom.